The monoisotopic (exact) mass is 404 g/mol. The lowest BCUT2D eigenvalue weighted by atomic mass is 9.99. The number of nitrogens with zero attached hydrogens (tertiary/aromatic N) is 3. The number of fused-ring (bicyclic) bond motifs is 1. The number of aromatic nitrogens is 3. The van der Waals surface area contributed by atoms with Crippen molar-refractivity contribution in [3.63, 3.8) is 0 Å². The standard InChI is InChI=1S/C25H32N4O/c1-6-7-12-29-24-23(18(5)28-29)21(14-22(27-24)19-9-10-19)25(30)26-17(4)20-11-8-15(2)13-16(20)3/h8,11,13-14,17,19H,6-7,9-10,12H2,1-5H3,(H,26,30). The summed E-state index contributed by atoms with van der Waals surface area (Å²) in [6.07, 6.45) is 4.46. The first-order valence-corrected chi connectivity index (χ1v) is 11.1. The number of rotatable bonds is 7. The molecule has 158 valence electrons. The number of hydrogen-bond acceptors (Lipinski definition) is 3. The Labute approximate surface area is 178 Å². The molecule has 1 aliphatic carbocycles. The number of carbonyl (C=O) groups is 1. The zero-order valence-electron chi connectivity index (χ0n) is 18.7. The quantitative estimate of drug-likeness (QED) is 0.564. The summed E-state index contributed by atoms with van der Waals surface area (Å²) in [5, 5.41) is 8.84. The molecule has 3 aromatic rings. The fourth-order valence-corrected chi connectivity index (χ4v) is 4.27. The molecule has 0 aliphatic heterocycles. The number of carbonyl (C=O) groups excluding carboxylic acids is 1. The Hall–Kier alpha value is -2.69. The minimum Gasteiger partial charge on any atom is -0.345 e. The lowest BCUT2D eigenvalue weighted by molar-refractivity contribution is 0.0941. The Balaban J connectivity index is 1.71. The third-order valence-electron chi connectivity index (χ3n) is 6.10. The Morgan fingerprint density at radius 2 is 2.00 bits per heavy atom. The van der Waals surface area contributed by atoms with E-state index in [0.29, 0.717) is 11.5 Å². The topological polar surface area (TPSA) is 59.8 Å². The predicted molar refractivity (Wildman–Crippen MR) is 121 cm³/mol. The fourth-order valence-electron chi connectivity index (χ4n) is 4.27. The van der Waals surface area contributed by atoms with Crippen LogP contribution in [0.15, 0.2) is 24.3 Å². The largest absolute Gasteiger partial charge is 0.345 e. The van der Waals surface area contributed by atoms with Crippen LogP contribution in [0.4, 0.5) is 0 Å². The van der Waals surface area contributed by atoms with Gasteiger partial charge in [0, 0.05) is 18.2 Å². The van der Waals surface area contributed by atoms with Crippen molar-refractivity contribution in [3.05, 3.63) is 57.9 Å². The molecule has 0 bridgehead atoms. The first-order chi connectivity index (χ1) is 14.4. The van der Waals surface area contributed by atoms with Crippen molar-refractivity contribution in [3.8, 4) is 0 Å². The molecule has 1 amide bonds. The molecule has 1 aliphatic rings. The number of hydrogen-bond donors (Lipinski definition) is 1. The molecular formula is C25H32N4O. The van der Waals surface area contributed by atoms with Gasteiger partial charge in [-0.15, -0.1) is 0 Å². The van der Waals surface area contributed by atoms with Crippen LogP contribution in [-0.4, -0.2) is 20.7 Å². The highest BCUT2D eigenvalue weighted by Crippen LogP contribution is 2.40. The van der Waals surface area contributed by atoms with Gasteiger partial charge in [-0.25, -0.2) is 9.67 Å². The summed E-state index contributed by atoms with van der Waals surface area (Å²) in [5.41, 5.74) is 7.05. The van der Waals surface area contributed by atoms with E-state index >= 15 is 0 Å². The zero-order chi connectivity index (χ0) is 21.4. The SMILES string of the molecule is CCCCn1nc(C)c2c(C(=O)NC(C)c3ccc(C)cc3C)cc(C3CC3)nc21. The summed E-state index contributed by atoms with van der Waals surface area (Å²) < 4.78 is 1.99. The molecule has 4 rings (SSSR count). The van der Waals surface area contributed by atoms with E-state index in [-0.39, 0.29) is 11.9 Å². The van der Waals surface area contributed by atoms with Gasteiger partial charge in [-0.05, 0) is 64.2 Å². The highest BCUT2D eigenvalue weighted by Gasteiger charge is 2.29. The average molecular weight is 405 g/mol. The van der Waals surface area contributed by atoms with Gasteiger partial charge >= 0.3 is 0 Å². The lowest BCUT2D eigenvalue weighted by Crippen LogP contribution is -2.27. The molecule has 2 aromatic heterocycles. The second kappa shape index (κ2) is 8.21. The molecule has 2 heterocycles. The fraction of sp³-hybridized carbons (Fsp3) is 0.480. The van der Waals surface area contributed by atoms with Crippen LogP contribution < -0.4 is 5.32 Å². The van der Waals surface area contributed by atoms with Gasteiger partial charge in [-0.2, -0.15) is 5.10 Å². The molecule has 1 unspecified atom stereocenters. The first kappa shape index (κ1) is 20.6. The maximum Gasteiger partial charge on any atom is 0.252 e. The van der Waals surface area contributed by atoms with Gasteiger partial charge in [0.05, 0.1) is 22.7 Å². The van der Waals surface area contributed by atoms with E-state index in [1.807, 2.05) is 24.6 Å². The number of benzene rings is 1. The minimum absolute atomic E-state index is 0.0464. The van der Waals surface area contributed by atoms with Crippen LogP contribution in [0, 0.1) is 20.8 Å². The van der Waals surface area contributed by atoms with E-state index in [0.717, 1.165) is 60.2 Å². The minimum atomic E-state index is -0.0684. The Morgan fingerprint density at radius 3 is 2.67 bits per heavy atom. The first-order valence-electron chi connectivity index (χ1n) is 11.1. The van der Waals surface area contributed by atoms with Gasteiger partial charge in [0.15, 0.2) is 5.65 Å². The van der Waals surface area contributed by atoms with E-state index in [9.17, 15) is 4.79 Å². The number of aryl methyl sites for hydroxylation is 4. The van der Waals surface area contributed by atoms with Gasteiger partial charge < -0.3 is 5.32 Å². The van der Waals surface area contributed by atoms with Crippen LogP contribution in [-0.2, 0) is 6.54 Å². The Morgan fingerprint density at radius 1 is 1.23 bits per heavy atom. The summed E-state index contributed by atoms with van der Waals surface area (Å²) in [7, 11) is 0. The van der Waals surface area contributed by atoms with Crippen LogP contribution in [0.5, 0.6) is 0 Å². The van der Waals surface area contributed by atoms with Crippen molar-refractivity contribution >= 4 is 16.9 Å². The lowest BCUT2D eigenvalue weighted by Gasteiger charge is -2.18. The third-order valence-corrected chi connectivity index (χ3v) is 6.10. The molecular weight excluding hydrogens is 372 g/mol. The number of amides is 1. The number of nitrogens with one attached hydrogen (secondary N) is 1. The van der Waals surface area contributed by atoms with Crippen molar-refractivity contribution in [1.82, 2.24) is 20.1 Å². The van der Waals surface area contributed by atoms with Crippen molar-refractivity contribution in [1.29, 1.82) is 0 Å². The van der Waals surface area contributed by atoms with Crippen LogP contribution in [0.25, 0.3) is 11.0 Å². The van der Waals surface area contributed by atoms with Crippen LogP contribution >= 0.6 is 0 Å². The van der Waals surface area contributed by atoms with E-state index in [1.54, 1.807) is 0 Å². The van der Waals surface area contributed by atoms with Gasteiger partial charge in [0.25, 0.3) is 5.91 Å². The summed E-state index contributed by atoms with van der Waals surface area (Å²) >= 11 is 0. The molecule has 1 aromatic carbocycles. The van der Waals surface area contributed by atoms with Crippen LogP contribution in [0.3, 0.4) is 0 Å². The van der Waals surface area contributed by atoms with Gasteiger partial charge in [-0.1, -0.05) is 37.1 Å². The van der Waals surface area contributed by atoms with E-state index in [1.165, 1.54) is 11.1 Å². The van der Waals surface area contributed by atoms with Crippen molar-refractivity contribution in [2.75, 3.05) is 0 Å². The van der Waals surface area contributed by atoms with Gasteiger partial charge in [0.2, 0.25) is 0 Å². The molecule has 0 radical (unpaired) electrons. The van der Waals surface area contributed by atoms with Crippen LogP contribution in [0.2, 0.25) is 0 Å². The van der Waals surface area contributed by atoms with E-state index in [2.05, 4.69) is 44.3 Å². The van der Waals surface area contributed by atoms with Crippen molar-refractivity contribution < 1.29 is 4.79 Å². The molecule has 30 heavy (non-hydrogen) atoms. The summed E-state index contributed by atoms with van der Waals surface area (Å²) in [5.74, 6) is 0.433. The predicted octanol–water partition coefficient (Wildman–Crippen LogP) is 5.53. The second-order valence-corrected chi connectivity index (χ2v) is 8.78. The molecule has 1 saturated carbocycles. The highest BCUT2D eigenvalue weighted by atomic mass is 16.1. The summed E-state index contributed by atoms with van der Waals surface area (Å²) in [4.78, 5) is 18.4. The smallest absolute Gasteiger partial charge is 0.252 e. The molecule has 1 N–H and O–H groups in total. The third kappa shape index (κ3) is 3.98. The van der Waals surface area contributed by atoms with Crippen molar-refractivity contribution in [2.45, 2.75) is 78.8 Å². The highest BCUT2D eigenvalue weighted by molar-refractivity contribution is 6.06. The average Bonchev–Trinajstić information content (AvgIpc) is 3.50. The zero-order valence-corrected chi connectivity index (χ0v) is 18.7. The molecule has 0 spiro atoms. The molecule has 1 atom stereocenters. The number of unbranched alkanes of at least 4 members (excludes halogenated alkanes) is 1. The van der Waals surface area contributed by atoms with E-state index < -0.39 is 0 Å². The Kier molecular flexibility index (Phi) is 5.63. The normalized spacial score (nSPS) is 14.8. The van der Waals surface area contributed by atoms with Crippen LogP contribution in [0.1, 0.15) is 89.9 Å². The molecule has 5 heteroatoms. The van der Waals surface area contributed by atoms with Gasteiger partial charge in [-0.3, -0.25) is 4.79 Å². The summed E-state index contributed by atoms with van der Waals surface area (Å²) in [6.45, 7) is 11.2. The second-order valence-electron chi connectivity index (χ2n) is 8.78. The molecule has 5 nitrogen and oxygen atoms in total. The maximum atomic E-state index is 13.4. The number of pyridine rings is 1. The van der Waals surface area contributed by atoms with Crippen molar-refractivity contribution in [2.24, 2.45) is 0 Å². The van der Waals surface area contributed by atoms with E-state index in [4.69, 9.17) is 10.1 Å². The van der Waals surface area contributed by atoms with Gasteiger partial charge in [0.1, 0.15) is 0 Å². The molecule has 1 fully saturated rings. The Bertz CT molecular complexity index is 1090. The summed E-state index contributed by atoms with van der Waals surface area (Å²) in [6, 6.07) is 8.31. The molecule has 0 saturated heterocycles. The maximum absolute atomic E-state index is 13.4.